The first-order valence-electron chi connectivity index (χ1n) is 2.23. The summed E-state index contributed by atoms with van der Waals surface area (Å²) >= 11 is 0. The first-order chi connectivity index (χ1) is 3.56. The van der Waals surface area contributed by atoms with Crippen molar-refractivity contribution in [2.24, 2.45) is 0 Å². The number of hydrogen-bond donors (Lipinski definition) is 0. The van der Waals surface area contributed by atoms with Crippen LogP contribution >= 0.6 is 7.82 Å². The fourth-order valence-corrected chi connectivity index (χ4v) is 0.609. The smallest absolute Gasteiger partial charge is 0.790 e. The second-order valence-electron chi connectivity index (χ2n) is 1.28. The van der Waals surface area contributed by atoms with Crippen LogP contribution in [0.25, 0.3) is 0 Å². The van der Waals surface area contributed by atoms with Crippen molar-refractivity contribution in [2.75, 3.05) is 6.61 Å². The minimum absolute atomic E-state index is 0. The molecule has 0 spiro atoms. The zero-order valence-electron chi connectivity index (χ0n) is 5.20. The fourth-order valence-electron chi connectivity index (χ4n) is 0.203. The van der Waals surface area contributed by atoms with Gasteiger partial charge in [0.1, 0.15) is 0 Å². The monoisotopic (exact) mass is 178 g/mol. The third-order valence-electron chi connectivity index (χ3n) is 0.454. The van der Waals surface area contributed by atoms with Gasteiger partial charge < -0.3 is 18.9 Å². The quantitative estimate of drug-likeness (QED) is 0.404. The largest absolute Gasteiger partial charge is 2.00 e. The van der Waals surface area contributed by atoms with E-state index in [2.05, 4.69) is 4.52 Å². The molecule has 0 aliphatic rings. The maximum atomic E-state index is 9.64. The molecule has 50 valence electrons. The summed E-state index contributed by atoms with van der Waals surface area (Å²) in [6.07, 6.45) is 0.536. The van der Waals surface area contributed by atoms with E-state index in [4.69, 9.17) is 0 Å². The molecule has 0 saturated heterocycles. The molecule has 0 fully saturated rings. The molecule has 0 aromatic heterocycles. The first kappa shape index (κ1) is 13.0. The van der Waals surface area contributed by atoms with E-state index >= 15 is 0 Å². The average Bonchev–Trinajstić information content (AvgIpc) is 1.59. The van der Waals surface area contributed by atoms with E-state index in [9.17, 15) is 14.4 Å². The molecule has 0 aromatic rings. The second-order valence-corrected chi connectivity index (χ2v) is 2.43. The van der Waals surface area contributed by atoms with Crippen LogP contribution in [0.4, 0.5) is 0 Å². The molecule has 0 amide bonds. The fraction of sp³-hybridized carbons (Fsp3) is 1.00. The zero-order chi connectivity index (χ0) is 6.62. The normalized spacial score (nSPS) is 10.6. The van der Waals surface area contributed by atoms with Gasteiger partial charge in [-0.25, -0.2) is 0 Å². The predicted molar refractivity (Wildman–Crippen MR) is 29.6 cm³/mol. The Labute approximate surface area is 83.8 Å². The molecule has 0 heterocycles. The predicted octanol–water partition coefficient (Wildman–Crippen LogP) is -1.14. The second kappa shape index (κ2) is 6.10. The van der Waals surface area contributed by atoms with E-state index in [1.807, 2.05) is 0 Å². The van der Waals surface area contributed by atoms with Crippen LogP contribution in [0, 0.1) is 0 Å². The Bertz CT molecular complexity index is 100.0. The van der Waals surface area contributed by atoms with Crippen molar-refractivity contribution in [2.45, 2.75) is 13.3 Å². The van der Waals surface area contributed by atoms with Gasteiger partial charge in [-0.05, 0) is 6.42 Å². The van der Waals surface area contributed by atoms with E-state index in [0.29, 0.717) is 6.42 Å². The molecule has 0 bridgehead atoms. The maximum Gasteiger partial charge on any atom is 2.00 e. The summed E-state index contributed by atoms with van der Waals surface area (Å²) in [5, 5.41) is 0. The Hall–Kier alpha value is 1.37. The van der Waals surface area contributed by atoms with Gasteiger partial charge in [0.25, 0.3) is 0 Å². The minimum Gasteiger partial charge on any atom is -0.790 e. The SMILES string of the molecule is CCCOP(=O)([O-])[O-].[Ca+2]. The van der Waals surface area contributed by atoms with Gasteiger partial charge in [0, 0.05) is 0 Å². The molecule has 0 aliphatic heterocycles. The van der Waals surface area contributed by atoms with Crippen LogP contribution in [0.15, 0.2) is 0 Å². The van der Waals surface area contributed by atoms with Crippen LogP contribution in [0.5, 0.6) is 0 Å². The van der Waals surface area contributed by atoms with Gasteiger partial charge >= 0.3 is 37.7 Å². The number of phosphoric acid groups is 1. The Morgan fingerprint density at radius 2 is 2.00 bits per heavy atom. The van der Waals surface area contributed by atoms with Gasteiger partial charge in [-0.2, -0.15) is 0 Å². The molecule has 9 heavy (non-hydrogen) atoms. The Balaban J connectivity index is 0. The van der Waals surface area contributed by atoms with Crippen molar-refractivity contribution in [3.8, 4) is 0 Å². The Morgan fingerprint density at radius 3 is 2.11 bits per heavy atom. The van der Waals surface area contributed by atoms with Crippen molar-refractivity contribution in [1.29, 1.82) is 0 Å². The van der Waals surface area contributed by atoms with E-state index < -0.39 is 7.82 Å². The van der Waals surface area contributed by atoms with Crippen LogP contribution < -0.4 is 9.79 Å². The summed E-state index contributed by atoms with van der Waals surface area (Å²) in [5.41, 5.74) is 0. The number of phosphoric ester groups is 1. The molecular formula is C3H7CaO4P. The van der Waals surface area contributed by atoms with E-state index in [1.165, 1.54) is 0 Å². The number of rotatable bonds is 3. The molecule has 6 heteroatoms. The van der Waals surface area contributed by atoms with Gasteiger partial charge in [-0.1, -0.05) is 6.92 Å². The van der Waals surface area contributed by atoms with Gasteiger partial charge in [-0.3, -0.25) is 0 Å². The molecule has 0 aromatic carbocycles. The molecule has 0 aliphatic carbocycles. The molecule has 4 nitrogen and oxygen atoms in total. The van der Waals surface area contributed by atoms with Gasteiger partial charge in [-0.15, -0.1) is 0 Å². The van der Waals surface area contributed by atoms with Crippen molar-refractivity contribution < 1.29 is 18.9 Å². The Morgan fingerprint density at radius 1 is 1.56 bits per heavy atom. The molecule has 0 atom stereocenters. The molecule has 0 N–H and O–H groups in total. The third-order valence-corrected chi connectivity index (χ3v) is 0.952. The average molecular weight is 178 g/mol. The van der Waals surface area contributed by atoms with Crippen LogP contribution in [0.3, 0.4) is 0 Å². The molecule has 0 radical (unpaired) electrons. The summed E-state index contributed by atoms with van der Waals surface area (Å²) in [7, 11) is -4.68. The summed E-state index contributed by atoms with van der Waals surface area (Å²) < 4.78 is 13.5. The van der Waals surface area contributed by atoms with Gasteiger partial charge in [0.05, 0.1) is 14.4 Å². The van der Waals surface area contributed by atoms with Crippen molar-refractivity contribution >= 4 is 45.6 Å². The van der Waals surface area contributed by atoms with Crippen molar-refractivity contribution in [3.63, 3.8) is 0 Å². The van der Waals surface area contributed by atoms with Gasteiger partial charge in [0.2, 0.25) is 0 Å². The van der Waals surface area contributed by atoms with Crippen LogP contribution in [0.2, 0.25) is 0 Å². The standard InChI is InChI=1S/C3H9O4P.Ca/c1-2-3-7-8(4,5)6;/h2-3H2,1H3,(H2,4,5,6);/q;+2/p-2. The van der Waals surface area contributed by atoms with Crippen LogP contribution in [-0.4, -0.2) is 44.3 Å². The van der Waals surface area contributed by atoms with Crippen molar-refractivity contribution in [1.82, 2.24) is 0 Å². The minimum atomic E-state index is -4.68. The van der Waals surface area contributed by atoms with E-state index in [0.717, 1.165) is 0 Å². The Kier molecular flexibility index (Phi) is 8.81. The first-order valence-corrected chi connectivity index (χ1v) is 3.69. The zero-order valence-corrected chi connectivity index (χ0v) is 8.30. The summed E-state index contributed by atoms with van der Waals surface area (Å²) in [4.78, 5) is 19.3. The third kappa shape index (κ3) is 12.5. The van der Waals surface area contributed by atoms with E-state index in [1.54, 1.807) is 6.92 Å². The summed E-state index contributed by atoms with van der Waals surface area (Å²) in [6, 6.07) is 0. The number of hydrogen-bond acceptors (Lipinski definition) is 4. The van der Waals surface area contributed by atoms with Gasteiger partial charge in [0.15, 0.2) is 0 Å². The van der Waals surface area contributed by atoms with Crippen LogP contribution in [0.1, 0.15) is 13.3 Å². The molecular weight excluding hydrogens is 171 g/mol. The summed E-state index contributed by atoms with van der Waals surface area (Å²) in [5.74, 6) is 0. The molecule has 0 saturated carbocycles. The molecule has 0 rings (SSSR count). The maximum absolute atomic E-state index is 9.64. The summed E-state index contributed by atoms with van der Waals surface area (Å²) in [6.45, 7) is 1.71. The van der Waals surface area contributed by atoms with E-state index in [-0.39, 0.29) is 44.3 Å². The molecule has 0 unspecified atom stereocenters. The van der Waals surface area contributed by atoms with Crippen molar-refractivity contribution in [3.05, 3.63) is 0 Å². The topological polar surface area (TPSA) is 72.4 Å². The van der Waals surface area contributed by atoms with Crippen LogP contribution in [-0.2, 0) is 9.09 Å².